The first-order valence-electron chi connectivity index (χ1n) is 6.32. The van der Waals surface area contributed by atoms with E-state index in [4.69, 9.17) is 5.73 Å². The summed E-state index contributed by atoms with van der Waals surface area (Å²) >= 11 is 0. The molecule has 0 bridgehead atoms. The molecule has 0 aliphatic carbocycles. The van der Waals surface area contributed by atoms with Crippen LogP contribution in [0, 0.1) is 13.8 Å². The maximum Gasteiger partial charge on any atom is 0.158 e. The number of rotatable bonds is 3. The fraction of sp³-hybridized carbons (Fsp3) is 0.429. The Balaban J connectivity index is 2.63. The maximum atomic E-state index is 6.00. The molecule has 2 aromatic rings. The van der Waals surface area contributed by atoms with Gasteiger partial charge in [0, 0.05) is 23.5 Å². The molecule has 0 unspecified atom stereocenters. The van der Waals surface area contributed by atoms with E-state index in [1.807, 2.05) is 30.7 Å². The highest BCUT2D eigenvalue weighted by atomic mass is 15.3. The third kappa shape index (κ3) is 2.04. The normalized spacial score (nSPS) is 12.7. The van der Waals surface area contributed by atoms with E-state index in [1.165, 1.54) is 5.56 Å². The highest BCUT2D eigenvalue weighted by Gasteiger charge is 2.16. The van der Waals surface area contributed by atoms with Crippen LogP contribution in [0.1, 0.15) is 42.4 Å². The minimum absolute atomic E-state index is 0.0531. The first-order valence-corrected chi connectivity index (χ1v) is 6.32. The van der Waals surface area contributed by atoms with E-state index in [1.54, 1.807) is 6.20 Å². The third-order valence-corrected chi connectivity index (χ3v) is 3.30. The summed E-state index contributed by atoms with van der Waals surface area (Å²) in [5, 5.41) is 4.59. The minimum atomic E-state index is -0.0531. The summed E-state index contributed by atoms with van der Waals surface area (Å²) in [6, 6.07) is 3.87. The van der Waals surface area contributed by atoms with Gasteiger partial charge in [-0.25, -0.2) is 9.67 Å². The molecule has 4 heteroatoms. The van der Waals surface area contributed by atoms with Crippen LogP contribution >= 0.6 is 0 Å². The Bertz CT molecular complexity index is 555. The Hall–Kier alpha value is -1.68. The summed E-state index contributed by atoms with van der Waals surface area (Å²) in [5.41, 5.74) is 10.5. The van der Waals surface area contributed by atoms with Gasteiger partial charge in [0.15, 0.2) is 5.82 Å². The van der Waals surface area contributed by atoms with Gasteiger partial charge in [0.1, 0.15) is 0 Å². The highest BCUT2D eigenvalue weighted by molar-refractivity contribution is 5.39. The van der Waals surface area contributed by atoms with Gasteiger partial charge >= 0.3 is 0 Å². The zero-order chi connectivity index (χ0) is 13.3. The summed E-state index contributed by atoms with van der Waals surface area (Å²) in [6.45, 7) is 8.23. The average Bonchev–Trinajstić information content (AvgIpc) is 2.64. The molecule has 0 radical (unpaired) electrons. The predicted molar refractivity (Wildman–Crippen MR) is 72.8 cm³/mol. The number of aromatic nitrogens is 3. The van der Waals surface area contributed by atoms with Crippen LogP contribution in [-0.2, 0) is 6.42 Å². The van der Waals surface area contributed by atoms with Crippen molar-refractivity contribution in [1.82, 2.24) is 14.8 Å². The minimum Gasteiger partial charge on any atom is -0.324 e. The maximum absolute atomic E-state index is 6.00. The molecule has 4 nitrogen and oxygen atoms in total. The lowest BCUT2D eigenvalue weighted by atomic mass is 10.1. The lowest BCUT2D eigenvalue weighted by molar-refractivity contribution is 0.745. The van der Waals surface area contributed by atoms with E-state index < -0.39 is 0 Å². The second-order valence-electron chi connectivity index (χ2n) is 4.62. The van der Waals surface area contributed by atoms with Crippen molar-refractivity contribution in [2.75, 3.05) is 0 Å². The van der Waals surface area contributed by atoms with Gasteiger partial charge in [-0.05, 0) is 38.8 Å². The van der Waals surface area contributed by atoms with Gasteiger partial charge in [-0.2, -0.15) is 5.10 Å². The van der Waals surface area contributed by atoms with Crippen molar-refractivity contribution in [2.24, 2.45) is 5.73 Å². The monoisotopic (exact) mass is 244 g/mol. The molecule has 2 aromatic heterocycles. The molecule has 96 valence electrons. The number of hydrogen-bond donors (Lipinski definition) is 1. The van der Waals surface area contributed by atoms with Crippen LogP contribution < -0.4 is 5.73 Å². The van der Waals surface area contributed by atoms with Crippen molar-refractivity contribution in [1.29, 1.82) is 0 Å². The molecule has 0 amide bonds. The van der Waals surface area contributed by atoms with Crippen LogP contribution in [0.4, 0.5) is 0 Å². The van der Waals surface area contributed by atoms with Gasteiger partial charge < -0.3 is 5.73 Å². The van der Waals surface area contributed by atoms with Crippen LogP contribution in [0.25, 0.3) is 5.82 Å². The second kappa shape index (κ2) is 4.90. The molecule has 0 aliphatic heterocycles. The van der Waals surface area contributed by atoms with Gasteiger partial charge in [-0.15, -0.1) is 0 Å². The molecule has 2 rings (SSSR count). The van der Waals surface area contributed by atoms with Crippen LogP contribution in [0.15, 0.2) is 18.3 Å². The number of hydrogen-bond acceptors (Lipinski definition) is 3. The van der Waals surface area contributed by atoms with Gasteiger partial charge in [-0.3, -0.25) is 0 Å². The van der Waals surface area contributed by atoms with E-state index in [2.05, 4.69) is 23.9 Å². The Morgan fingerprint density at radius 3 is 2.67 bits per heavy atom. The van der Waals surface area contributed by atoms with E-state index in [9.17, 15) is 0 Å². The quantitative estimate of drug-likeness (QED) is 0.902. The van der Waals surface area contributed by atoms with Crippen LogP contribution in [-0.4, -0.2) is 14.8 Å². The molecule has 1 atom stereocenters. The van der Waals surface area contributed by atoms with Crippen molar-refractivity contribution >= 4 is 0 Å². The molecular formula is C14H20N4. The number of nitrogens with two attached hydrogens (primary N) is 1. The Morgan fingerprint density at radius 2 is 2.11 bits per heavy atom. The zero-order valence-electron chi connectivity index (χ0n) is 11.4. The molecule has 0 spiro atoms. The molecule has 0 saturated carbocycles. The van der Waals surface area contributed by atoms with E-state index in [0.29, 0.717) is 0 Å². The molecule has 2 heterocycles. The molecular weight excluding hydrogens is 224 g/mol. The Morgan fingerprint density at radius 1 is 1.39 bits per heavy atom. The summed E-state index contributed by atoms with van der Waals surface area (Å²) < 4.78 is 1.91. The zero-order valence-corrected chi connectivity index (χ0v) is 11.4. The largest absolute Gasteiger partial charge is 0.324 e. The van der Waals surface area contributed by atoms with Crippen LogP contribution in [0.5, 0.6) is 0 Å². The topological polar surface area (TPSA) is 56.7 Å². The number of nitrogens with zero attached hydrogens (tertiary/aromatic N) is 3. The van der Waals surface area contributed by atoms with Crippen molar-refractivity contribution < 1.29 is 0 Å². The Labute approximate surface area is 108 Å². The van der Waals surface area contributed by atoms with Crippen LogP contribution in [0.3, 0.4) is 0 Å². The Kier molecular flexibility index (Phi) is 3.48. The molecule has 0 saturated heterocycles. The van der Waals surface area contributed by atoms with E-state index >= 15 is 0 Å². The number of aryl methyl sites for hydroxylation is 1. The predicted octanol–water partition coefficient (Wildman–Crippen LogP) is 2.47. The fourth-order valence-corrected chi connectivity index (χ4v) is 2.33. The van der Waals surface area contributed by atoms with Crippen molar-refractivity contribution in [3.8, 4) is 5.82 Å². The van der Waals surface area contributed by atoms with Gasteiger partial charge in [-0.1, -0.05) is 13.0 Å². The SMILES string of the molecule is CCc1c(C)nn(-c2ncccc2[C@H](C)N)c1C. The van der Waals surface area contributed by atoms with Crippen molar-refractivity contribution in [3.63, 3.8) is 0 Å². The highest BCUT2D eigenvalue weighted by Crippen LogP contribution is 2.22. The summed E-state index contributed by atoms with van der Waals surface area (Å²) in [4.78, 5) is 4.44. The average molecular weight is 244 g/mol. The molecule has 2 N–H and O–H groups in total. The molecule has 18 heavy (non-hydrogen) atoms. The lowest BCUT2D eigenvalue weighted by Crippen LogP contribution is -2.13. The second-order valence-corrected chi connectivity index (χ2v) is 4.62. The molecule has 0 aromatic carbocycles. The summed E-state index contributed by atoms with van der Waals surface area (Å²) in [5.74, 6) is 0.841. The third-order valence-electron chi connectivity index (χ3n) is 3.30. The van der Waals surface area contributed by atoms with E-state index in [-0.39, 0.29) is 6.04 Å². The van der Waals surface area contributed by atoms with Gasteiger partial charge in [0.25, 0.3) is 0 Å². The fourth-order valence-electron chi connectivity index (χ4n) is 2.33. The first-order chi connectivity index (χ1) is 8.56. The number of pyridine rings is 1. The van der Waals surface area contributed by atoms with Crippen molar-refractivity contribution in [2.45, 2.75) is 40.2 Å². The van der Waals surface area contributed by atoms with Crippen LogP contribution in [0.2, 0.25) is 0 Å². The first kappa shape index (κ1) is 12.8. The van der Waals surface area contributed by atoms with Gasteiger partial charge in [0.2, 0.25) is 0 Å². The van der Waals surface area contributed by atoms with E-state index in [0.717, 1.165) is 29.2 Å². The lowest BCUT2D eigenvalue weighted by Gasteiger charge is -2.12. The van der Waals surface area contributed by atoms with Gasteiger partial charge in [0.05, 0.1) is 5.69 Å². The summed E-state index contributed by atoms with van der Waals surface area (Å²) in [6.07, 6.45) is 2.77. The standard InChI is InChI=1S/C14H20N4/c1-5-12-10(3)17-18(11(12)4)14-13(9(2)15)7-6-8-16-14/h6-9H,5,15H2,1-4H3/t9-/m0/s1. The summed E-state index contributed by atoms with van der Waals surface area (Å²) in [7, 11) is 0. The molecule has 0 fully saturated rings. The smallest absolute Gasteiger partial charge is 0.158 e. The molecule has 0 aliphatic rings. The van der Waals surface area contributed by atoms with Crippen molar-refractivity contribution in [3.05, 3.63) is 40.8 Å².